The molecule has 1 aromatic carbocycles. The lowest BCUT2D eigenvalue weighted by atomic mass is 10.1. The molecule has 0 aliphatic heterocycles. The fourth-order valence-corrected chi connectivity index (χ4v) is 2.65. The molecule has 0 radical (unpaired) electrons. The Hall–Kier alpha value is -1.73. The number of amides is 1. The number of carbonyl (C=O) groups is 2. The molecule has 0 unspecified atom stereocenters. The summed E-state index contributed by atoms with van der Waals surface area (Å²) in [7, 11) is 0. The van der Waals surface area contributed by atoms with Crippen LogP contribution in [-0.4, -0.2) is 22.0 Å². The fourth-order valence-electron chi connectivity index (χ4n) is 1.58. The topological polar surface area (TPSA) is 79.3 Å². The van der Waals surface area contributed by atoms with E-state index in [0.29, 0.717) is 10.6 Å². The zero-order valence-electron chi connectivity index (χ0n) is 10.5. The fraction of sp³-hybridized carbons (Fsp3) is 0.154. The maximum absolute atomic E-state index is 12.1. The second-order valence-electron chi connectivity index (χ2n) is 4.07. The average molecular weight is 355 g/mol. The second-order valence-corrected chi connectivity index (χ2v) is 5.93. The van der Waals surface area contributed by atoms with E-state index in [2.05, 4.69) is 26.2 Å². The van der Waals surface area contributed by atoms with E-state index >= 15 is 0 Å². The van der Waals surface area contributed by atoms with Crippen LogP contribution in [0.15, 0.2) is 28.1 Å². The Labute approximate surface area is 127 Å². The number of nitrogens with zero attached hydrogens (tertiary/aromatic N) is 1. The molecular formula is C13H11BrN2O3S. The largest absolute Gasteiger partial charge is 0.476 e. The summed E-state index contributed by atoms with van der Waals surface area (Å²) >= 11 is 4.53. The third-order valence-electron chi connectivity index (χ3n) is 2.62. The summed E-state index contributed by atoms with van der Waals surface area (Å²) in [6.07, 6.45) is 0. The SMILES string of the molecule is Cc1ccc(Br)cc1C(=O)NCc1nc(C(=O)O)cs1. The van der Waals surface area contributed by atoms with E-state index in [4.69, 9.17) is 5.11 Å². The number of benzene rings is 1. The molecule has 1 amide bonds. The Bertz CT molecular complexity index is 669. The molecule has 0 saturated carbocycles. The highest BCUT2D eigenvalue weighted by molar-refractivity contribution is 9.10. The number of aryl methyl sites for hydroxylation is 1. The van der Waals surface area contributed by atoms with Gasteiger partial charge in [-0.15, -0.1) is 11.3 Å². The Kier molecular flexibility index (Phi) is 4.51. The van der Waals surface area contributed by atoms with E-state index in [-0.39, 0.29) is 18.1 Å². The lowest BCUT2D eigenvalue weighted by molar-refractivity contribution is 0.0691. The zero-order valence-corrected chi connectivity index (χ0v) is 12.9. The summed E-state index contributed by atoms with van der Waals surface area (Å²) in [5.41, 5.74) is 1.45. The molecule has 5 nitrogen and oxygen atoms in total. The summed E-state index contributed by atoms with van der Waals surface area (Å²) in [5.74, 6) is -1.28. The van der Waals surface area contributed by atoms with Gasteiger partial charge in [0.1, 0.15) is 5.01 Å². The Morgan fingerprint density at radius 3 is 2.85 bits per heavy atom. The van der Waals surface area contributed by atoms with Crippen LogP contribution in [0.3, 0.4) is 0 Å². The maximum atomic E-state index is 12.1. The predicted molar refractivity (Wildman–Crippen MR) is 79.1 cm³/mol. The first-order valence-electron chi connectivity index (χ1n) is 5.69. The van der Waals surface area contributed by atoms with Crippen molar-refractivity contribution >= 4 is 39.1 Å². The molecule has 2 aromatic rings. The van der Waals surface area contributed by atoms with Crippen LogP contribution in [0.5, 0.6) is 0 Å². The molecule has 7 heteroatoms. The minimum Gasteiger partial charge on any atom is -0.476 e. The number of hydrogen-bond donors (Lipinski definition) is 2. The van der Waals surface area contributed by atoms with Gasteiger partial charge in [-0.2, -0.15) is 0 Å². The van der Waals surface area contributed by atoms with Gasteiger partial charge in [-0.3, -0.25) is 4.79 Å². The maximum Gasteiger partial charge on any atom is 0.355 e. The summed E-state index contributed by atoms with van der Waals surface area (Å²) < 4.78 is 0.829. The number of rotatable bonds is 4. The summed E-state index contributed by atoms with van der Waals surface area (Å²) in [4.78, 5) is 26.7. The van der Waals surface area contributed by atoms with Crippen LogP contribution in [-0.2, 0) is 6.54 Å². The number of nitrogens with one attached hydrogen (secondary N) is 1. The lowest BCUT2D eigenvalue weighted by Gasteiger charge is -2.06. The smallest absolute Gasteiger partial charge is 0.355 e. The lowest BCUT2D eigenvalue weighted by Crippen LogP contribution is -2.23. The van der Waals surface area contributed by atoms with E-state index in [1.807, 2.05) is 19.1 Å². The van der Waals surface area contributed by atoms with E-state index in [0.717, 1.165) is 10.0 Å². The molecule has 2 N–H and O–H groups in total. The first-order valence-corrected chi connectivity index (χ1v) is 7.36. The van der Waals surface area contributed by atoms with Crippen molar-refractivity contribution in [2.45, 2.75) is 13.5 Å². The third kappa shape index (κ3) is 3.43. The number of carboxylic acids is 1. The first-order chi connectivity index (χ1) is 9.47. The molecular weight excluding hydrogens is 344 g/mol. The molecule has 0 fully saturated rings. The number of aromatic carboxylic acids is 1. The number of hydrogen-bond acceptors (Lipinski definition) is 4. The van der Waals surface area contributed by atoms with E-state index in [9.17, 15) is 9.59 Å². The van der Waals surface area contributed by atoms with Crippen LogP contribution in [0.25, 0.3) is 0 Å². The predicted octanol–water partition coefficient (Wildman–Crippen LogP) is 2.84. The van der Waals surface area contributed by atoms with Gasteiger partial charge >= 0.3 is 5.97 Å². The minimum atomic E-state index is -1.07. The van der Waals surface area contributed by atoms with Crippen LogP contribution in [0.4, 0.5) is 0 Å². The number of thiazole rings is 1. The molecule has 2 rings (SSSR count). The van der Waals surface area contributed by atoms with Crippen LogP contribution >= 0.6 is 27.3 Å². The van der Waals surface area contributed by atoms with Gasteiger partial charge in [0.25, 0.3) is 5.91 Å². The van der Waals surface area contributed by atoms with Crippen LogP contribution in [0, 0.1) is 6.92 Å². The number of carbonyl (C=O) groups excluding carboxylic acids is 1. The highest BCUT2D eigenvalue weighted by Crippen LogP contribution is 2.16. The van der Waals surface area contributed by atoms with Crippen molar-refractivity contribution in [3.05, 3.63) is 49.9 Å². The van der Waals surface area contributed by atoms with Crippen molar-refractivity contribution in [1.29, 1.82) is 0 Å². The summed E-state index contributed by atoms with van der Waals surface area (Å²) in [6.45, 7) is 2.07. The van der Waals surface area contributed by atoms with Crippen molar-refractivity contribution in [2.24, 2.45) is 0 Å². The van der Waals surface area contributed by atoms with Gasteiger partial charge in [0.2, 0.25) is 0 Å². The van der Waals surface area contributed by atoms with Crippen LogP contribution in [0.1, 0.15) is 31.4 Å². The molecule has 0 bridgehead atoms. The van der Waals surface area contributed by atoms with Gasteiger partial charge < -0.3 is 10.4 Å². The van der Waals surface area contributed by atoms with E-state index < -0.39 is 5.97 Å². The Morgan fingerprint density at radius 2 is 2.20 bits per heavy atom. The van der Waals surface area contributed by atoms with Crippen LogP contribution < -0.4 is 5.32 Å². The highest BCUT2D eigenvalue weighted by atomic mass is 79.9. The van der Waals surface area contributed by atoms with Crippen molar-refractivity contribution in [3.8, 4) is 0 Å². The molecule has 0 aliphatic rings. The number of halogens is 1. The van der Waals surface area contributed by atoms with Gasteiger partial charge in [-0.05, 0) is 24.6 Å². The Morgan fingerprint density at radius 1 is 1.45 bits per heavy atom. The standard InChI is InChI=1S/C13H11BrN2O3S/c1-7-2-3-8(14)4-9(7)12(17)15-5-11-16-10(6-20-11)13(18)19/h2-4,6H,5H2,1H3,(H,15,17)(H,18,19). The highest BCUT2D eigenvalue weighted by Gasteiger charge is 2.12. The van der Waals surface area contributed by atoms with Crippen molar-refractivity contribution < 1.29 is 14.7 Å². The summed E-state index contributed by atoms with van der Waals surface area (Å²) in [6, 6.07) is 5.46. The molecule has 0 aliphatic carbocycles. The molecule has 0 spiro atoms. The van der Waals surface area contributed by atoms with Crippen LogP contribution in [0.2, 0.25) is 0 Å². The van der Waals surface area contributed by atoms with E-state index in [1.165, 1.54) is 16.7 Å². The molecule has 104 valence electrons. The van der Waals surface area contributed by atoms with Gasteiger partial charge in [-0.25, -0.2) is 9.78 Å². The van der Waals surface area contributed by atoms with Crippen molar-refractivity contribution in [2.75, 3.05) is 0 Å². The molecule has 1 aromatic heterocycles. The minimum absolute atomic E-state index is 0.00196. The molecule has 1 heterocycles. The zero-order chi connectivity index (χ0) is 14.7. The Balaban J connectivity index is 2.04. The second kappa shape index (κ2) is 6.15. The normalized spacial score (nSPS) is 10.3. The molecule has 0 saturated heterocycles. The van der Waals surface area contributed by atoms with Gasteiger partial charge in [-0.1, -0.05) is 22.0 Å². The average Bonchev–Trinajstić information content (AvgIpc) is 2.88. The van der Waals surface area contributed by atoms with Gasteiger partial charge in [0.15, 0.2) is 5.69 Å². The first kappa shape index (κ1) is 14.7. The summed E-state index contributed by atoms with van der Waals surface area (Å²) in [5, 5.41) is 13.5. The van der Waals surface area contributed by atoms with E-state index in [1.54, 1.807) is 6.07 Å². The third-order valence-corrected chi connectivity index (χ3v) is 3.96. The van der Waals surface area contributed by atoms with Crippen molar-refractivity contribution in [3.63, 3.8) is 0 Å². The molecule has 20 heavy (non-hydrogen) atoms. The molecule has 0 atom stereocenters. The van der Waals surface area contributed by atoms with Crippen molar-refractivity contribution in [1.82, 2.24) is 10.3 Å². The van der Waals surface area contributed by atoms with Gasteiger partial charge in [0.05, 0.1) is 6.54 Å². The monoisotopic (exact) mass is 354 g/mol. The number of carboxylic acid groups (broad SMARTS) is 1. The quantitative estimate of drug-likeness (QED) is 0.884. The van der Waals surface area contributed by atoms with Gasteiger partial charge in [0, 0.05) is 15.4 Å². The number of aromatic nitrogens is 1.